The molecule has 2 heterocycles. The number of nitrogens with zero attached hydrogens (tertiary/aromatic N) is 2. The van der Waals surface area contributed by atoms with E-state index in [1.54, 1.807) is 48.5 Å². The third-order valence-electron chi connectivity index (χ3n) is 4.97. The summed E-state index contributed by atoms with van der Waals surface area (Å²) < 4.78 is 0. The highest BCUT2D eigenvalue weighted by atomic mass is 35.5. The van der Waals surface area contributed by atoms with Gasteiger partial charge >= 0.3 is 5.91 Å². The molecule has 0 saturated carbocycles. The van der Waals surface area contributed by atoms with E-state index >= 15 is 0 Å². The summed E-state index contributed by atoms with van der Waals surface area (Å²) in [5, 5.41) is 12.0. The number of aromatic nitrogens is 1. The van der Waals surface area contributed by atoms with Gasteiger partial charge in [-0.05, 0) is 31.5 Å². The molecule has 8 heteroatoms. The number of carbonyl (C=O) groups excluding carboxylic acids is 2. The first-order valence-corrected chi connectivity index (χ1v) is 10.6. The third kappa shape index (κ3) is 3.41. The number of carbonyl (C=O) groups is 2. The van der Waals surface area contributed by atoms with Crippen molar-refractivity contribution in [3.05, 3.63) is 85.8 Å². The maximum Gasteiger partial charge on any atom is 0.301 e. The first kappa shape index (κ1) is 20.6. The van der Waals surface area contributed by atoms with Crippen LogP contribution in [-0.2, 0) is 9.59 Å². The van der Waals surface area contributed by atoms with E-state index in [1.807, 2.05) is 13.8 Å². The van der Waals surface area contributed by atoms with Gasteiger partial charge in [0, 0.05) is 10.4 Å². The Kier molecular flexibility index (Phi) is 5.40. The molecule has 1 aliphatic heterocycles. The summed E-state index contributed by atoms with van der Waals surface area (Å²) in [6, 6.07) is 12.6. The average molecular weight is 459 g/mol. The predicted molar refractivity (Wildman–Crippen MR) is 119 cm³/mol. The van der Waals surface area contributed by atoms with Crippen molar-refractivity contribution in [3.63, 3.8) is 0 Å². The molecule has 0 bridgehead atoms. The number of aryl methyl sites for hydroxylation is 2. The van der Waals surface area contributed by atoms with E-state index in [4.69, 9.17) is 23.2 Å². The number of rotatable bonds is 3. The predicted octanol–water partition coefficient (Wildman–Crippen LogP) is 5.69. The maximum absolute atomic E-state index is 13.0. The monoisotopic (exact) mass is 458 g/mol. The fourth-order valence-electron chi connectivity index (χ4n) is 3.34. The van der Waals surface area contributed by atoms with Gasteiger partial charge in [0.25, 0.3) is 5.78 Å². The smallest absolute Gasteiger partial charge is 0.301 e. The summed E-state index contributed by atoms with van der Waals surface area (Å²) in [5.41, 5.74) is 1.74. The summed E-state index contributed by atoms with van der Waals surface area (Å²) in [6.45, 7) is 3.73. The average Bonchev–Trinajstić information content (AvgIpc) is 3.20. The Morgan fingerprint density at radius 3 is 2.37 bits per heavy atom. The number of aliphatic hydroxyl groups is 1. The molecular weight excluding hydrogens is 443 g/mol. The van der Waals surface area contributed by atoms with Crippen LogP contribution in [0.5, 0.6) is 0 Å². The van der Waals surface area contributed by atoms with Crippen molar-refractivity contribution in [2.75, 3.05) is 4.90 Å². The Hall–Kier alpha value is -2.67. The summed E-state index contributed by atoms with van der Waals surface area (Å²) in [4.78, 5) is 32.8. The second kappa shape index (κ2) is 7.87. The number of hydrogen-bond donors (Lipinski definition) is 1. The molecule has 1 amide bonds. The minimum absolute atomic E-state index is 0.0184. The van der Waals surface area contributed by atoms with Gasteiger partial charge in [0.1, 0.15) is 5.76 Å². The molecule has 1 fully saturated rings. The number of halogens is 2. The lowest BCUT2D eigenvalue weighted by atomic mass is 9.95. The van der Waals surface area contributed by atoms with Crippen LogP contribution in [0.25, 0.3) is 5.76 Å². The van der Waals surface area contributed by atoms with Crippen LogP contribution < -0.4 is 4.90 Å². The highest BCUT2D eigenvalue weighted by Gasteiger charge is 2.48. The molecule has 4 rings (SSSR count). The molecule has 1 aliphatic rings. The van der Waals surface area contributed by atoms with Gasteiger partial charge in [-0.2, -0.15) is 0 Å². The molecule has 1 aromatic heterocycles. The molecule has 1 atom stereocenters. The molecule has 5 nitrogen and oxygen atoms in total. The van der Waals surface area contributed by atoms with Gasteiger partial charge in [-0.1, -0.05) is 59.6 Å². The van der Waals surface area contributed by atoms with Crippen LogP contribution in [0.15, 0.2) is 54.1 Å². The normalized spacial score (nSPS) is 18.3. The van der Waals surface area contributed by atoms with Crippen LogP contribution >= 0.6 is 34.5 Å². The third-order valence-corrected chi connectivity index (χ3v) is 6.79. The number of ketones is 1. The molecule has 2 aromatic carbocycles. The second-order valence-corrected chi connectivity index (χ2v) is 8.84. The molecular formula is C22H16Cl2N2O3S. The largest absolute Gasteiger partial charge is 0.507 e. The fourth-order valence-corrected chi connectivity index (χ4v) is 4.58. The number of amides is 1. The number of anilines is 1. The van der Waals surface area contributed by atoms with Crippen LogP contribution in [0, 0.1) is 13.8 Å². The van der Waals surface area contributed by atoms with E-state index in [0.29, 0.717) is 21.3 Å². The van der Waals surface area contributed by atoms with Crippen molar-refractivity contribution in [2.45, 2.75) is 19.9 Å². The van der Waals surface area contributed by atoms with Crippen LogP contribution in [0.2, 0.25) is 10.0 Å². The molecule has 152 valence electrons. The van der Waals surface area contributed by atoms with Crippen LogP contribution in [-0.4, -0.2) is 21.8 Å². The summed E-state index contributed by atoms with van der Waals surface area (Å²) in [7, 11) is 0. The zero-order valence-corrected chi connectivity index (χ0v) is 18.3. The van der Waals surface area contributed by atoms with E-state index in [9.17, 15) is 14.7 Å². The molecule has 30 heavy (non-hydrogen) atoms. The minimum atomic E-state index is -0.884. The number of aliphatic hydroxyl groups excluding tert-OH is 1. The quantitative estimate of drug-likeness (QED) is 0.310. The maximum atomic E-state index is 13.0. The van der Waals surface area contributed by atoms with Gasteiger partial charge in [-0.25, -0.2) is 4.98 Å². The van der Waals surface area contributed by atoms with Gasteiger partial charge in [-0.15, -0.1) is 11.3 Å². The summed E-state index contributed by atoms with van der Waals surface area (Å²) in [6.07, 6.45) is 0. The summed E-state index contributed by atoms with van der Waals surface area (Å²) in [5.74, 6) is -1.78. The van der Waals surface area contributed by atoms with E-state index in [-0.39, 0.29) is 16.4 Å². The minimum Gasteiger partial charge on any atom is -0.507 e. The first-order chi connectivity index (χ1) is 14.3. The van der Waals surface area contributed by atoms with E-state index in [0.717, 1.165) is 10.6 Å². The Bertz CT molecular complexity index is 1180. The van der Waals surface area contributed by atoms with Crippen LogP contribution in [0.1, 0.15) is 27.7 Å². The zero-order chi connectivity index (χ0) is 21.6. The van der Waals surface area contributed by atoms with Crippen molar-refractivity contribution in [1.29, 1.82) is 0 Å². The lowest BCUT2D eigenvalue weighted by molar-refractivity contribution is -0.132. The van der Waals surface area contributed by atoms with Crippen molar-refractivity contribution in [2.24, 2.45) is 0 Å². The first-order valence-electron chi connectivity index (χ1n) is 9.05. The van der Waals surface area contributed by atoms with Crippen LogP contribution in [0.4, 0.5) is 5.13 Å². The van der Waals surface area contributed by atoms with Gasteiger partial charge in [0.15, 0.2) is 5.13 Å². The highest BCUT2D eigenvalue weighted by Crippen LogP contribution is 2.44. The van der Waals surface area contributed by atoms with E-state index in [2.05, 4.69) is 4.98 Å². The number of Topliss-reactive ketones (excluding diaryl/α,β-unsaturated/α-hetero) is 1. The SMILES string of the molecule is Cc1nc(N2C(=O)C(=O)C(=C(O)c3ccccc3)[C@@H]2c2ccc(Cl)c(Cl)c2)sc1C. The second-order valence-electron chi connectivity index (χ2n) is 6.85. The molecule has 1 saturated heterocycles. The van der Waals surface area contributed by atoms with Crippen molar-refractivity contribution in [1.82, 2.24) is 4.98 Å². The molecule has 0 unspecified atom stereocenters. The topological polar surface area (TPSA) is 70.5 Å². The van der Waals surface area contributed by atoms with Gasteiger partial charge in [-0.3, -0.25) is 14.5 Å². The molecule has 3 aromatic rings. The lowest BCUT2D eigenvalue weighted by Gasteiger charge is -2.23. The van der Waals surface area contributed by atoms with Gasteiger partial charge in [0.2, 0.25) is 0 Å². The zero-order valence-electron chi connectivity index (χ0n) is 16.0. The molecule has 0 aliphatic carbocycles. The Morgan fingerprint density at radius 1 is 1.07 bits per heavy atom. The van der Waals surface area contributed by atoms with Crippen LogP contribution in [0.3, 0.4) is 0 Å². The number of benzene rings is 2. The molecule has 0 radical (unpaired) electrons. The Balaban J connectivity index is 1.97. The van der Waals surface area contributed by atoms with Gasteiger partial charge < -0.3 is 5.11 Å². The van der Waals surface area contributed by atoms with Crippen molar-refractivity contribution in [3.8, 4) is 0 Å². The Morgan fingerprint density at radius 2 is 1.77 bits per heavy atom. The van der Waals surface area contributed by atoms with Gasteiger partial charge in [0.05, 0.1) is 27.4 Å². The Labute approximate surface area is 187 Å². The van der Waals surface area contributed by atoms with E-state index in [1.165, 1.54) is 16.2 Å². The van der Waals surface area contributed by atoms with Crippen molar-refractivity contribution < 1.29 is 14.7 Å². The fraction of sp³-hybridized carbons (Fsp3) is 0.136. The summed E-state index contributed by atoms with van der Waals surface area (Å²) >= 11 is 13.6. The standard InChI is InChI=1S/C22H16Cl2N2O3S/c1-11-12(2)30-22(25-11)26-18(14-8-9-15(23)16(24)10-14)17(20(28)21(26)29)19(27)13-6-4-3-5-7-13/h3-10,18,27H,1-2H3/t18-/m0/s1. The molecule has 0 spiro atoms. The lowest BCUT2D eigenvalue weighted by Crippen LogP contribution is -2.29. The molecule has 1 N–H and O–H groups in total. The van der Waals surface area contributed by atoms with Crippen molar-refractivity contribution >= 4 is 57.1 Å². The van der Waals surface area contributed by atoms with E-state index < -0.39 is 17.7 Å². The number of thiazole rings is 1. The number of hydrogen-bond acceptors (Lipinski definition) is 5. The highest BCUT2D eigenvalue weighted by molar-refractivity contribution is 7.16.